The Labute approximate surface area is 115 Å². The zero-order chi connectivity index (χ0) is 14.3. The normalized spacial score (nSPS) is 11.6. The van der Waals surface area contributed by atoms with Crippen molar-refractivity contribution in [3.8, 4) is 0 Å². The van der Waals surface area contributed by atoms with Gasteiger partial charge in [0.15, 0.2) is 5.82 Å². The summed E-state index contributed by atoms with van der Waals surface area (Å²) in [5.41, 5.74) is 6.45. The van der Waals surface area contributed by atoms with E-state index in [1.54, 1.807) is 0 Å². The van der Waals surface area contributed by atoms with Gasteiger partial charge in [-0.1, -0.05) is 33.6 Å². The highest BCUT2D eigenvalue weighted by Gasteiger charge is 2.17. The highest BCUT2D eigenvalue weighted by Crippen LogP contribution is 2.21. The molecule has 0 saturated carbocycles. The number of nitrogens with zero attached hydrogens (tertiary/aromatic N) is 1. The minimum absolute atomic E-state index is 0.0121. The molecule has 5 heteroatoms. The maximum Gasteiger partial charge on any atom is 0.225 e. The predicted molar refractivity (Wildman–Crippen MR) is 78.1 cm³/mol. The van der Waals surface area contributed by atoms with Crippen LogP contribution in [0.5, 0.6) is 0 Å². The van der Waals surface area contributed by atoms with Gasteiger partial charge in [0.1, 0.15) is 0 Å². The Bertz CT molecular complexity index is 392. The second-order valence-electron chi connectivity index (χ2n) is 5.92. The van der Waals surface area contributed by atoms with Crippen LogP contribution in [0, 0.1) is 0 Å². The largest absolute Gasteiger partial charge is 0.330 e. The fourth-order valence-electron chi connectivity index (χ4n) is 1.76. The Hall–Kier alpha value is -1.36. The molecule has 0 aliphatic rings. The number of H-pyrrole nitrogens is 1. The number of rotatable bonds is 7. The van der Waals surface area contributed by atoms with Crippen molar-refractivity contribution in [2.45, 2.75) is 58.3 Å². The van der Waals surface area contributed by atoms with E-state index in [9.17, 15) is 4.79 Å². The van der Waals surface area contributed by atoms with Crippen LogP contribution in [0.3, 0.4) is 0 Å². The predicted octanol–water partition coefficient (Wildman–Crippen LogP) is 2.55. The number of carbonyl (C=O) groups is 1. The van der Waals surface area contributed by atoms with Crippen LogP contribution in [-0.2, 0) is 10.2 Å². The maximum absolute atomic E-state index is 11.7. The Morgan fingerprint density at radius 2 is 2.00 bits per heavy atom. The molecule has 1 amide bonds. The first kappa shape index (κ1) is 15.7. The first-order valence-electron chi connectivity index (χ1n) is 6.99. The fourth-order valence-corrected chi connectivity index (χ4v) is 1.76. The monoisotopic (exact) mass is 266 g/mol. The number of hydrogen-bond donors (Lipinski definition) is 3. The SMILES string of the molecule is CC(C)(C)c1cc(NC(=O)CCCCCCN)n[nH]1. The lowest BCUT2D eigenvalue weighted by atomic mass is 9.92. The average Bonchev–Trinajstić information content (AvgIpc) is 2.77. The molecule has 0 fully saturated rings. The zero-order valence-corrected chi connectivity index (χ0v) is 12.3. The number of anilines is 1. The molecule has 0 spiro atoms. The van der Waals surface area contributed by atoms with Crippen LogP contribution in [-0.4, -0.2) is 22.6 Å². The summed E-state index contributed by atoms with van der Waals surface area (Å²) in [4.78, 5) is 11.7. The van der Waals surface area contributed by atoms with E-state index in [1.807, 2.05) is 6.07 Å². The first-order valence-corrected chi connectivity index (χ1v) is 6.99. The van der Waals surface area contributed by atoms with Gasteiger partial charge in [-0.05, 0) is 19.4 Å². The Kier molecular flexibility index (Phi) is 6.02. The van der Waals surface area contributed by atoms with Crippen molar-refractivity contribution in [2.24, 2.45) is 5.73 Å². The minimum Gasteiger partial charge on any atom is -0.330 e. The molecule has 0 unspecified atom stereocenters. The van der Waals surface area contributed by atoms with E-state index < -0.39 is 0 Å². The topological polar surface area (TPSA) is 83.8 Å². The number of aromatic amines is 1. The van der Waals surface area contributed by atoms with E-state index in [2.05, 4.69) is 36.3 Å². The summed E-state index contributed by atoms with van der Waals surface area (Å²) in [5.74, 6) is 0.636. The van der Waals surface area contributed by atoms with Crippen molar-refractivity contribution in [3.63, 3.8) is 0 Å². The molecule has 1 heterocycles. The number of unbranched alkanes of at least 4 members (excludes halogenated alkanes) is 3. The van der Waals surface area contributed by atoms with Gasteiger partial charge >= 0.3 is 0 Å². The molecule has 108 valence electrons. The number of amides is 1. The smallest absolute Gasteiger partial charge is 0.225 e. The average molecular weight is 266 g/mol. The second-order valence-corrected chi connectivity index (χ2v) is 5.92. The van der Waals surface area contributed by atoms with Crippen molar-refractivity contribution in [2.75, 3.05) is 11.9 Å². The van der Waals surface area contributed by atoms with Crippen LogP contribution >= 0.6 is 0 Å². The van der Waals surface area contributed by atoms with Crippen LogP contribution in [0.15, 0.2) is 6.07 Å². The van der Waals surface area contributed by atoms with Crippen molar-refractivity contribution in [3.05, 3.63) is 11.8 Å². The third kappa shape index (κ3) is 5.87. The maximum atomic E-state index is 11.7. The summed E-state index contributed by atoms with van der Waals surface area (Å²) in [7, 11) is 0. The molecule has 5 nitrogen and oxygen atoms in total. The summed E-state index contributed by atoms with van der Waals surface area (Å²) in [6, 6.07) is 1.90. The van der Waals surface area contributed by atoms with Crippen LogP contribution in [0.25, 0.3) is 0 Å². The molecular weight excluding hydrogens is 240 g/mol. The lowest BCUT2D eigenvalue weighted by molar-refractivity contribution is -0.116. The van der Waals surface area contributed by atoms with Crippen molar-refractivity contribution >= 4 is 11.7 Å². The Balaban J connectivity index is 2.30. The number of aromatic nitrogens is 2. The van der Waals surface area contributed by atoms with Crippen LogP contribution in [0.4, 0.5) is 5.82 Å². The molecule has 0 saturated heterocycles. The van der Waals surface area contributed by atoms with Crippen LogP contribution in [0.2, 0.25) is 0 Å². The van der Waals surface area contributed by atoms with Gasteiger partial charge in [-0.2, -0.15) is 5.10 Å². The summed E-state index contributed by atoms with van der Waals surface area (Å²) in [6.45, 7) is 7.03. The van der Waals surface area contributed by atoms with Gasteiger partial charge in [0.05, 0.1) is 0 Å². The van der Waals surface area contributed by atoms with Crippen LogP contribution < -0.4 is 11.1 Å². The molecule has 0 atom stereocenters. The van der Waals surface area contributed by atoms with Gasteiger partial charge in [0.2, 0.25) is 5.91 Å². The molecule has 19 heavy (non-hydrogen) atoms. The number of hydrogen-bond acceptors (Lipinski definition) is 3. The summed E-state index contributed by atoms with van der Waals surface area (Å²) < 4.78 is 0. The molecule has 0 aliphatic heterocycles. The molecule has 1 aromatic heterocycles. The van der Waals surface area contributed by atoms with Crippen LogP contribution in [0.1, 0.15) is 58.6 Å². The first-order chi connectivity index (χ1) is 8.93. The number of carbonyl (C=O) groups excluding carboxylic acids is 1. The summed E-state index contributed by atoms with van der Waals surface area (Å²) in [5, 5.41) is 9.88. The molecule has 0 aromatic carbocycles. The molecule has 0 aliphatic carbocycles. The molecule has 1 aromatic rings. The third-order valence-corrected chi connectivity index (χ3v) is 3.01. The summed E-state index contributed by atoms with van der Waals surface area (Å²) in [6.07, 6.45) is 4.64. The molecule has 0 radical (unpaired) electrons. The quantitative estimate of drug-likeness (QED) is 0.663. The lowest BCUT2D eigenvalue weighted by Gasteiger charge is -2.14. The third-order valence-electron chi connectivity index (χ3n) is 3.01. The number of nitrogens with one attached hydrogen (secondary N) is 2. The Morgan fingerprint density at radius 1 is 1.32 bits per heavy atom. The van der Waals surface area contributed by atoms with E-state index in [-0.39, 0.29) is 11.3 Å². The molecule has 0 bridgehead atoms. The van der Waals surface area contributed by atoms with Gasteiger partial charge in [0, 0.05) is 23.6 Å². The van der Waals surface area contributed by atoms with Gasteiger partial charge in [0.25, 0.3) is 0 Å². The fraction of sp³-hybridized carbons (Fsp3) is 0.714. The van der Waals surface area contributed by atoms with E-state index in [1.165, 1.54) is 0 Å². The summed E-state index contributed by atoms with van der Waals surface area (Å²) >= 11 is 0. The minimum atomic E-state index is 0.0121. The highest BCUT2D eigenvalue weighted by atomic mass is 16.1. The van der Waals surface area contributed by atoms with E-state index in [0.717, 1.165) is 37.9 Å². The Morgan fingerprint density at radius 3 is 2.58 bits per heavy atom. The standard InChI is InChI=1S/C14H26N4O/c1-14(2,3)11-10-12(18-17-11)16-13(19)8-6-4-5-7-9-15/h10H,4-9,15H2,1-3H3,(H2,16,17,18,19). The molecule has 1 rings (SSSR count). The van der Waals surface area contributed by atoms with Crippen molar-refractivity contribution in [1.29, 1.82) is 0 Å². The van der Waals surface area contributed by atoms with E-state index in [4.69, 9.17) is 5.73 Å². The van der Waals surface area contributed by atoms with Gasteiger partial charge in [-0.15, -0.1) is 0 Å². The highest BCUT2D eigenvalue weighted by molar-refractivity contribution is 5.89. The van der Waals surface area contributed by atoms with Crippen molar-refractivity contribution in [1.82, 2.24) is 10.2 Å². The molecular formula is C14H26N4O. The van der Waals surface area contributed by atoms with Crippen molar-refractivity contribution < 1.29 is 4.79 Å². The lowest BCUT2D eigenvalue weighted by Crippen LogP contribution is -2.12. The molecule has 4 N–H and O–H groups in total. The number of nitrogens with two attached hydrogens (primary N) is 1. The zero-order valence-electron chi connectivity index (χ0n) is 12.3. The van der Waals surface area contributed by atoms with Gasteiger partial charge < -0.3 is 11.1 Å². The second kappa shape index (κ2) is 7.28. The van der Waals surface area contributed by atoms with E-state index in [0.29, 0.717) is 12.2 Å². The van der Waals surface area contributed by atoms with Gasteiger partial charge in [-0.3, -0.25) is 9.89 Å². The van der Waals surface area contributed by atoms with Gasteiger partial charge in [-0.25, -0.2) is 0 Å². The van der Waals surface area contributed by atoms with E-state index >= 15 is 0 Å².